The standard InChI is InChI=1S/C16H25NO2/c1-17(13-9-4-2-3-5-10-14-18)16(19)15-11-7-6-8-12-15/h6-8,11-12,18H,2-5,9-10,13-14H2,1H3. The normalized spacial score (nSPS) is 10.4. The second-order valence-electron chi connectivity index (χ2n) is 4.94. The number of unbranched alkanes of at least 4 members (excludes halogenated alkanes) is 5. The third kappa shape index (κ3) is 6.39. The molecule has 3 nitrogen and oxygen atoms in total. The highest BCUT2D eigenvalue weighted by atomic mass is 16.2. The molecule has 0 radical (unpaired) electrons. The molecule has 1 rings (SSSR count). The van der Waals surface area contributed by atoms with E-state index in [1.807, 2.05) is 37.4 Å². The van der Waals surface area contributed by atoms with Crippen LogP contribution >= 0.6 is 0 Å². The van der Waals surface area contributed by atoms with E-state index in [0.717, 1.165) is 37.8 Å². The van der Waals surface area contributed by atoms with Crippen molar-refractivity contribution in [2.24, 2.45) is 0 Å². The van der Waals surface area contributed by atoms with E-state index in [2.05, 4.69) is 0 Å². The van der Waals surface area contributed by atoms with Crippen molar-refractivity contribution in [2.45, 2.75) is 38.5 Å². The third-order valence-corrected chi connectivity index (χ3v) is 3.27. The molecule has 0 bridgehead atoms. The van der Waals surface area contributed by atoms with Gasteiger partial charge in [0.05, 0.1) is 0 Å². The second kappa shape index (κ2) is 9.56. The van der Waals surface area contributed by atoms with Crippen LogP contribution in [0.3, 0.4) is 0 Å². The first-order valence-corrected chi connectivity index (χ1v) is 7.17. The fourth-order valence-corrected chi connectivity index (χ4v) is 2.07. The molecule has 1 aromatic carbocycles. The first kappa shape index (κ1) is 15.7. The summed E-state index contributed by atoms with van der Waals surface area (Å²) in [7, 11) is 1.86. The van der Waals surface area contributed by atoms with Crippen LogP contribution in [0.1, 0.15) is 48.9 Å². The minimum Gasteiger partial charge on any atom is -0.396 e. The minimum absolute atomic E-state index is 0.0980. The molecule has 0 saturated heterocycles. The Morgan fingerprint density at radius 2 is 1.58 bits per heavy atom. The van der Waals surface area contributed by atoms with Crippen molar-refractivity contribution in [1.29, 1.82) is 0 Å². The topological polar surface area (TPSA) is 40.5 Å². The highest BCUT2D eigenvalue weighted by Gasteiger charge is 2.09. The number of carbonyl (C=O) groups is 1. The molecule has 0 aliphatic rings. The van der Waals surface area contributed by atoms with E-state index in [4.69, 9.17) is 5.11 Å². The van der Waals surface area contributed by atoms with Crippen molar-refractivity contribution in [1.82, 2.24) is 4.90 Å². The van der Waals surface area contributed by atoms with Gasteiger partial charge in [-0.15, -0.1) is 0 Å². The first-order chi connectivity index (χ1) is 9.25. The predicted molar refractivity (Wildman–Crippen MR) is 78.2 cm³/mol. The summed E-state index contributed by atoms with van der Waals surface area (Å²) in [5.41, 5.74) is 0.757. The fraction of sp³-hybridized carbons (Fsp3) is 0.562. The van der Waals surface area contributed by atoms with Crippen LogP contribution in [-0.4, -0.2) is 36.1 Å². The summed E-state index contributed by atoms with van der Waals surface area (Å²) < 4.78 is 0. The maximum absolute atomic E-state index is 12.0. The molecule has 0 heterocycles. The summed E-state index contributed by atoms with van der Waals surface area (Å²) in [6.45, 7) is 1.11. The van der Waals surface area contributed by atoms with Crippen molar-refractivity contribution < 1.29 is 9.90 Å². The van der Waals surface area contributed by atoms with Gasteiger partial charge in [0, 0.05) is 25.8 Å². The van der Waals surface area contributed by atoms with Gasteiger partial charge in [-0.3, -0.25) is 4.79 Å². The van der Waals surface area contributed by atoms with Gasteiger partial charge >= 0.3 is 0 Å². The van der Waals surface area contributed by atoms with Crippen molar-refractivity contribution in [3.63, 3.8) is 0 Å². The minimum atomic E-state index is 0.0980. The number of hydrogen-bond acceptors (Lipinski definition) is 2. The predicted octanol–water partition coefficient (Wildman–Crippen LogP) is 3.09. The molecule has 0 aromatic heterocycles. The summed E-state index contributed by atoms with van der Waals surface area (Å²) in [5.74, 6) is 0.0980. The van der Waals surface area contributed by atoms with Crippen molar-refractivity contribution in [3.05, 3.63) is 35.9 Å². The molecular weight excluding hydrogens is 238 g/mol. The lowest BCUT2D eigenvalue weighted by Crippen LogP contribution is -2.27. The summed E-state index contributed by atoms with van der Waals surface area (Å²) in [6, 6.07) is 9.41. The molecule has 0 atom stereocenters. The Balaban J connectivity index is 2.14. The molecule has 1 N–H and O–H groups in total. The van der Waals surface area contributed by atoms with Gasteiger partial charge in [-0.1, -0.05) is 43.9 Å². The summed E-state index contributed by atoms with van der Waals surface area (Å²) in [5, 5.41) is 8.67. The Morgan fingerprint density at radius 1 is 1.00 bits per heavy atom. The number of hydrogen-bond donors (Lipinski definition) is 1. The molecule has 0 unspecified atom stereocenters. The molecule has 19 heavy (non-hydrogen) atoms. The van der Waals surface area contributed by atoms with E-state index in [9.17, 15) is 4.79 Å². The lowest BCUT2D eigenvalue weighted by Gasteiger charge is -2.17. The molecule has 1 amide bonds. The smallest absolute Gasteiger partial charge is 0.253 e. The molecule has 3 heteroatoms. The van der Waals surface area contributed by atoms with Gasteiger partial charge in [0.2, 0.25) is 0 Å². The molecule has 0 fully saturated rings. The van der Waals surface area contributed by atoms with Crippen molar-refractivity contribution in [3.8, 4) is 0 Å². The fourth-order valence-electron chi connectivity index (χ4n) is 2.07. The van der Waals surface area contributed by atoms with Crippen molar-refractivity contribution >= 4 is 5.91 Å². The number of carbonyl (C=O) groups excluding carboxylic acids is 1. The number of benzene rings is 1. The van der Waals surface area contributed by atoms with Crippen LogP contribution in [0.4, 0.5) is 0 Å². The van der Waals surface area contributed by atoms with Crippen LogP contribution in [0.25, 0.3) is 0 Å². The Bertz CT molecular complexity index is 351. The van der Waals surface area contributed by atoms with Gasteiger partial charge in [-0.25, -0.2) is 0 Å². The molecule has 0 saturated carbocycles. The lowest BCUT2D eigenvalue weighted by atomic mass is 10.1. The molecule has 0 aliphatic heterocycles. The van der Waals surface area contributed by atoms with Gasteiger partial charge < -0.3 is 10.0 Å². The highest BCUT2D eigenvalue weighted by molar-refractivity contribution is 5.93. The molecule has 1 aromatic rings. The van der Waals surface area contributed by atoms with E-state index in [1.54, 1.807) is 4.90 Å². The van der Waals surface area contributed by atoms with Crippen LogP contribution in [0.15, 0.2) is 30.3 Å². The summed E-state index contributed by atoms with van der Waals surface area (Å²) in [6.07, 6.45) is 6.58. The number of rotatable bonds is 9. The van der Waals surface area contributed by atoms with Gasteiger partial charge in [0.15, 0.2) is 0 Å². The largest absolute Gasteiger partial charge is 0.396 e. The van der Waals surface area contributed by atoms with Crippen LogP contribution in [0, 0.1) is 0 Å². The molecule has 106 valence electrons. The van der Waals surface area contributed by atoms with E-state index in [0.29, 0.717) is 6.61 Å². The second-order valence-corrected chi connectivity index (χ2v) is 4.94. The quantitative estimate of drug-likeness (QED) is 0.695. The molecule has 0 aliphatic carbocycles. The van der Waals surface area contributed by atoms with Gasteiger partial charge in [-0.2, -0.15) is 0 Å². The highest BCUT2D eigenvalue weighted by Crippen LogP contribution is 2.07. The number of amides is 1. The van der Waals surface area contributed by atoms with Crippen LogP contribution in [0.2, 0.25) is 0 Å². The molecule has 0 spiro atoms. The van der Waals surface area contributed by atoms with Crippen LogP contribution in [-0.2, 0) is 0 Å². The third-order valence-electron chi connectivity index (χ3n) is 3.27. The van der Waals surface area contributed by atoms with E-state index >= 15 is 0 Å². The van der Waals surface area contributed by atoms with Gasteiger partial charge in [0.1, 0.15) is 0 Å². The number of aliphatic hydroxyl groups excluding tert-OH is 1. The zero-order valence-electron chi connectivity index (χ0n) is 11.8. The average molecular weight is 263 g/mol. The number of nitrogens with zero attached hydrogens (tertiary/aromatic N) is 1. The Morgan fingerprint density at radius 3 is 2.21 bits per heavy atom. The monoisotopic (exact) mass is 263 g/mol. The maximum atomic E-state index is 12.0. The van der Waals surface area contributed by atoms with E-state index in [-0.39, 0.29) is 5.91 Å². The van der Waals surface area contributed by atoms with Gasteiger partial charge in [0.25, 0.3) is 5.91 Å². The summed E-state index contributed by atoms with van der Waals surface area (Å²) >= 11 is 0. The van der Waals surface area contributed by atoms with E-state index < -0.39 is 0 Å². The average Bonchev–Trinajstić information content (AvgIpc) is 2.46. The van der Waals surface area contributed by atoms with E-state index in [1.165, 1.54) is 12.8 Å². The SMILES string of the molecule is CN(CCCCCCCCO)C(=O)c1ccccc1. The van der Waals surface area contributed by atoms with Crippen molar-refractivity contribution in [2.75, 3.05) is 20.2 Å². The number of aliphatic hydroxyl groups is 1. The maximum Gasteiger partial charge on any atom is 0.253 e. The van der Waals surface area contributed by atoms with Gasteiger partial charge in [-0.05, 0) is 25.0 Å². The molecular formula is C16H25NO2. The summed E-state index contributed by atoms with van der Waals surface area (Å²) in [4.78, 5) is 13.8. The Kier molecular flexibility index (Phi) is 7.91. The zero-order valence-corrected chi connectivity index (χ0v) is 11.8. The Labute approximate surface area is 116 Å². The van der Waals surface area contributed by atoms with Crippen LogP contribution in [0.5, 0.6) is 0 Å². The first-order valence-electron chi connectivity index (χ1n) is 7.17. The van der Waals surface area contributed by atoms with Crippen LogP contribution < -0.4 is 0 Å². The lowest BCUT2D eigenvalue weighted by molar-refractivity contribution is 0.0792. The Hall–Kier alpha value is -1.35. The zero-order chi connectivity index (χ0) is 13.9.